The number of hydrogen-bond acceptors (Lipinski definition) is 4. The van der Waals surface area contributed by atoms with Gasteiger partial charge < -0.3 is 15.7 Å². The molecule has 0 bridgehead atoms. The molecule has 0 aromatic carbocycles. The molecule has 7 heteroatoms. The second-order valence-corrected chi connectivity index (χ2v) is 3.89. The predicted octanol–water partition coefficient (Wildman–Crippen LogP) is -0.649. The lowest BCUT2D eigenvalue weighted by atomic mass is 10.1. The molecule has 1 heterocycles. The molecule has 0 radical (unpaired) electrons. The molecule has 94 valence electrons. The summed E-state index contributed by atoms with van der Waals surface area (Å²) in [7, 11) is 3.13. The molecule has 3 N–H and O–H groups in total. The Labute approximate surface area is 98.8 Å². The normalized spacial score (nSPS) is 14.1. The lowest BCUT2D eigenvalue weighted by molar-refractivity contribution is -0.148. The lowest BCUT2D eigenvalue weighted by Gasteiger charge is -2.24. The minimum Gasteiger partial charge on any atom is -0.480 e. The molecular formula is C10H16N4O3. The number of hydrogen-bond donors (Lipinski definition) is 2. The van der Waals surface area contributed by atoms with E-state index in [1.807, 2.05) is 0 Å². The number of aliphatic carboxylic acids is 1. The zero-order valence-corrected chi connectivity index (χ0v) is 9.99. The predicted molar refractivity (Wildman–Crippen MR) is 60.0 cm³/mol. The quantitative estimate of drug-likeness (QED) is 0.728. The highest BCUT2D eigenvalue weighted by Gasteiger charge is 2.27. The summed E-state index contributed by atoms with van der Waals surface area (Å²) in [6.45, 7) is 1.43. The minimum atomic E-state index is -1.07. The van der Waals surface area contributed by atoms with Gasteiger partial charge in [-0.15, -0.1) is 0 Å². The number of aromatic nitrogens is 2. The standard InChI is InChI=1S/C10H16N4O3/c1-6(10(16)17)14(3)9(15)8(11)7-4-12-13(2)5-7/h4-6,8H,11H2,1-3H3,(H,16,17). The van der Waals surface area contributed by atoms with Gasteiger partial charge in [-0.3, -0.25) is 9.48 Å². The van der Waals surface area contributed by atoms with Gasteiger partial charge in [0.05, 0.1) is 6.20 Å². The van der Waals surface area contributed by atoms with E-state index >= 15 is 0 Å². The van der Waals surface area contributed by atoms with E-state index in [0.29, 0.717) is 5.56 Å². The van der Waals surface area contributed by atoms with Gasteiger partial charge in [-0.2, -0.15) is 5.10 Å². The molecule has 1 amide bonds. The minimum absolute atomic E-state index is 0.451. The fourth-order valence-electron chi connectivity index (χ4n) is 1.32. The molecule has 17 heavy (non-hydrogen) atoms. The number of nitrogens with zero attached hydrogens (tertiary/aromatic N) is 3. The summed E-state index contributed by atoms with van der Waals surface area (Å²) in [5, 5.41) is 12.7. The van der Waals surface area contributed by atoms with Crippen molar-refractivity contribution in [2.75, 3.05) is 7.05 Å². The molecule has 0 aliphatic carbocycles. The first-order valence-corrected chi connectivity index (χ1v) is 5.08. The summed E-state index contributed by atoms with van der Waals surface area (Å²) < 4.78 is 1.53. The number of carboxylic acid groups (broad SMARTS) is 1. The zero-order valence-electron chi connectivity index (χ0n) is 9.99. The second kappa shape index (κ2) is 4.96. The topological polar surface area (TPSA) is 101 Å². The molecule has 0 fully saturated rings. The summed E-state index contributed by atoms with van der Waals surface area (Å²) in [5.41, 5.74) is 6.31. The Morgan fingerprint density at radius 3 is 2.59 bits per heavy atom. The zero-order chi connectivity index (χ0) is 13.2. The van der Waals surface area contributed by atoms with Crippen LogP contribution in [-0.2, 0) is 16.6 Å². The fourth-order valence-corrected chi connectivity index (χ4v) is 1.32. The monoisotopic (exact) mass is 240 g/mol. The molecule has 0 aliphatic rings. The van der Waals surface area contributed by atoms with Gasteiger partial charge in [0.2, 0.25) is 5.91 Å². The molecule has 0 saturated heterocycles. The summed E-state index contributed by atoms with van der Waals surface area (Å²) >= 11 is 0. The van der Waals surface area contributed by atoms with Gasteiger partial charge in [-0.25, -0.2) is 4.79 Å². The van der Waals surface area contributed by atoms with E-state index in [9.17, 15) is 9.59 Å². The van der Waals surface area contributed by atoms with Gasteiger partial charge in [-0.1, -0.05) is 0 Å². The van der Waals surface area contributed by atoms with Gasteiger partial charge in [0.1, 0.15) is 12.1 Å². The fraction of sp³-hybridized carbons (Fsp3) is 0.500. The Morgan fingerprint density at radius 1 is 1.59 bits per heavy atom. The number of carbonyl (C=O) groups excluding carboxylic acids is 1. The Hall–Kier alpha value is -1.89. The van der Waals surface area contributed by atoms with Crippen LogP contribution in [0.5, 0.6) is 0 Å². The van der Waals surface area contributed by atoms with Crippen LogP contribution in [-0.4, -0.2) is 44.8 Å². The Balaban J connectivity index is 2.79. The maximum absolute atomic E-state index is 11.9. The molecule has 0 aliphatic heterocycles. The molecule has 7 nitrogen and oxygen atoms in total. The number of nitrogens with two attached hydrogens (primary N) is 1. The van der Waals surface area contributed by atoms with Crippen molar-refractivity contribution in [2.24, 2.45) is 12.8 Å². The first-order chi connectivity index (χ1) is 7.84. The molecule has 1 rings (SSSR count). The van der Waals surface area contributed by atoms with Crippen LogP contribution < -0.4 is 5.73 Å². The average Bonchev–Trinajstić information content (AvgIpc) is 2.71. The number of aryl methyl sites for hydroxylation is 1. The van der Waals surface area contributed by atoms with E-state index in [-0.39, 0.29) is 0 Å². The van der Waals surface area contributed by atoms with E-state index in [1.54, 1.807) is 13.2 Å². The van der Waals surface area contributed by atoms with Crippen LogP contribution in [0.2, 0.25) is 0 Å². The Morgan fingerprint density at radius 2 is 2.18 bits per heavy atom. The molecular weight excluding hydrogens is 224 g/mol. The van der Waals surface area contributed by atoms with Crippen LogP contribution >= 0.6 is 0 Å². The molecule has 1 aromatic heterocycles. The van der Waals surface area contributed by atoms with Crippen LogP contribution in [0, 0.1) is 0 Å². The van der Waals surface area contributed by atoms with Crippen molar-refractivity contribution >= 4 is 11.9 Å². The van der Waals surface area contributed by atoms with Crippen LogP contribution in [0.4, 0.5) is 0 Å². The summed E-state index contributed by atoms with van der Waals surface area (Å²) in [4.78, 5) is 23.8. The maximum atomic E-state index is 11.9. The first-order valence-electron chi connectivity index (χ1n) is 5.08. The number of carbonyl (C=O) groups is 2. The van der Waals surface area contributed by atoms with E-state index in [2.05, 4.69) is 5.10 Å². The van der Waals surface area contributed by atoms with Crippen molar-refractivity contribution < 1.29 is 14.7 Å². The first kappa shape index (κ1) is 13.2. The van der Waals surface area contributed by atoms with Crippen LogP contribution in [0.25, 0.3) is 0 Å². The van der Waals surface area contributed by atoms with E-state index in [1.165, 1.54) is 24.9 Å². The van der Waals surface area contributed by atoms with Gasteiger partial charge in [0.25, 0.3) is 0 Å². The molecule has 2 atom stereocenters. The lowest BCUT2D eigenvalue weighted by Crippen LogP contribution is -2.44. The molecule has 2 unspecified atom stereocenters. The van der Waals surface area contributed by atoms with Crippen LogP contribution in [0.15, 0.2) is 12.4 Å². The number of carboxylic acids is 1. The van der Waals surface area contributed by atoms with E-state index < -0.39 is 24.0 Å². The van der Waals surface area contributed by atoms with Gasteiger partial charge >= 0.3 is 5.97 Å². The third-order valence-corrected chi connectivity index (χ3v) is 2.64. The largest absolute Gasteiger partial charge is 0.480 e. The highest BCUT2D eigenvalue weighted by atomic mass is 16.4. The average molecular weight is 240 g/mol. The van der Waals surface area contributed by atoms with Crippen LogP contribution in [0.1, 0.15) is 18.5 Å². The summed E-state index contributed by atoms with van der Waals surface area (Å²) in [6, 6.07) is -1.80. The van der Waals surface area contributed by atoms with Gasteiger partial charge in [0.15, 0.2) is 0 Å². The van der Waals surface area contributed by atoms with Crippen molar-refractivity contribution in [2.45, 2.75) is 19.0 Å². The smallest absolute Gasteiger partial charge is 0.326 e. The SMILES string of the molecule is CC(C(=O)O)N(C)C(=O)C(N)c1cnn(C)c1. The Kier molecular flexibility index (Phi) is 3.84. The molecule has 0 spiro atoms. The highest BCUT2D eigenvalue weighted by Crippen LogP contribution is 2.12. The van der Waals surface area contributed by atoms with Crippen molar-refractivity contribution in [1.29, 1.82) is 0 Å². The van der Waals surface area contributed by atoms with E-state index in [0.717, 1.165) is 4.90 Å². The van der Waals surface area contributed by atoms with Gasteiger partial charge in [0, 0.05) is 25.9 Å². The van der Waals surface area contributed by atoms with Crippen molar-refractivity contribution in [1.82, 2.24) is 14.7 Å². The molecule has 1 aromatic rings. The van der Waals surface area contributed by atoms with Crippen molar-refractivity contribution in [3.8, 4) is 0 Å². The second-order valence-electron chi connectivity index (χ2n) is 3.89. The molecule has 0 saturated carbocycles. The number of rotatable bonds is 4. The number of amides is 1. The Bertz CT molecular complexity index is 429. The summed E-state index contributed by atoms with van der Waals surface area (Å²) in [6.07, 6.45) is 3.11. The number of likely N-dealkylation sites (N-methyl/N-ethyl adjacent to an activating group) is 1. The van der Waals surface area contributed by atoms with Crippen LogP contribution in [0.3, 0.4) is 0 Å². The third kappa shape index (κ3) is 2.82. The summed E-state index contributed by atoms with van der Waals surface area (Å²) in [5.74, 6) is -1.52. The third-order valence-electron chi connectivity index (χ3n) is 2.64. The van der Waals surface area contributed by atoms with Crippen molar-refractivity contribution in [3.63, 3.8) is 0 Å². The van der Waals surface area contributed by atoms with E-state index in [4.69, 9.17) is 10.8 Å². The maximum Gasteiger partial charge on any atom is 0.326 e. The highest BCUT2D eigenvalue weighted by molar-refractivity contribution is 5.87. The van der Waals surface area contributed by atoms with Gasteiger partial charge in [-0.05, 0) is 6.92 Å². The van der Waals surface area contributed by atoms with Crippen molar-refractivity contribution in [3.05, 3.63) is 18.0 Å².